The van der Waals surface area contributed by atoms with Crippen LogP contribution in [0.3, 0.4) is 0 Å². The summed E-state index contributed by atoms with van der Waals surface area (Å²) < 4.78 is 4.30. The zero-order valence-corrected chi connectivity index (χ0v) is 8.22. The van der Waals surface area contributed by atoms with Crippen LogP contribution >= 0.6 is 11.6 Å². The molecule has 0 aromatic carbocycles. The predicted molar refractivity (Wildman–Crippen MR) is 24.0 cm³/mol. The van der Waals surface area contributed by atoms with Gasteiger partial charge in [-0.25, -0.2) is 0 Å². The molecule has 0 heterocycles. The van der Waals surface area contributed by atoms with E-state index in [1.54, 1.807) is 0 Å². The first-order valence-corrected chi connectivity index (χ1v) is 3.63. The van der Waals surface area contributed by atoms with E-state index in [4.69, 9.17) is 11.6 Å². The molecule has 4 heteroatoms. The summed E-state index contributed by atoms with van der Waals surface area (Å²) in [7, 11) is 0. The van der Waals surface area contributed by atoms with Crippen LogP contribution in [0, 0.1) is 0 Å². The Morgan fingerprint density at radius 3 is 2.50 bits per heavy atom. The van der Waals surface area contributed by atoms with Gasteiger partial charge in [-0.15, -0.1) is 0 Å². The second-order valence-electron chi connectivity index (χ2n) is 0.623. The van der Waals surface area contributed by atoms with Crippen molar-refractivity contribution >= 4 is 43.8 Å². The summed E-state index contributed by atoms with van der Waals surface area (Å²) in [5, 5.41) is 0. The molecule has 0 fully saturated rings. The Morgan fingerprint density at radius 1 is 2.00 bits per heavy atom. The fraction of sp³-hybridized carbons (Fsp3) is 0.500. The monoisotopic (exact) mass is 302 g/mol. The summed E-state index contributed by atoms with van der Waals surface area (Å²) in [5.74, 6) is -0.335. The van der Waals surface area contributed by atoms with Crippen molar-refractivity contribution in [3.63, 3.8) is 0 Å². The Labute approximate surface area is 57.1 Å². The summed E-state index contributed by atoms with van der Waals surface area (Å²) >= 11 is 5.28. The van der Waals surface area contributed by atoms with Crippen LogP contribution in [0.1, 0.15) is 0 Å². The normalized spacial score (nSPS) is 7.67. The summed E-state index contributed by atoms with van der Waals surface area (Å²) in [6, 6.07) is 0. The van der Waals surface area contributed by atoms with Gasteiger partial charge >= 0.3 is 57.2 Å². The second-order valence-corrected chi connectivity index (χ2v) is 1.81. The minimum absolute atomic E-state index is 0.0174. The van der Waals surface area contributed by atoms with Crippen LogP contribution in [0.15, 0.2) is 0 Å². The van der Waals surface area contributed by atoms with Crippen LogP contribution in [0.25, 0.3) is 0 Å². The molecule has 0 rings (SSSR count). The molecule has 0 aromatic rings. The molecule has 2 nitrogen and oxygen atoms in total. The number of carbonyl (C=O) groups is 1. The molecule has 34 valence electrons. The molecule has 0 atom stereocenters. The van der Waals surface area contributed by atoms with Crippen molar-refractivity contribution in [1.82, 2.24) is 0 Å². The van der Waals surface area contributed by atoms with Crippen LogP contribution < -0.4 is 0 Å². The van der Waals surface area contributed by atoms with Crippen molar-refractivity contribution in [3.8, 4) is 0 Å². The quantitative estimate of drug-likeness (QED) is 0.486. The van der Waals surface area contributed by atoms with Crippen molar-refractivity contribution in [2.45, 2.75) is 0 Å². The fourth-order valence-corrected chi connectivity index (χ4v) is 0.829. The van der Waals surface area contributed by atoms with Crippen LogP contribution in [-0.4, -0.2) is 38.1 Å². The molecule has 0 saturated heterocycles. The van der Waals surface area contributed by atoms with Crippen molar-refractivity contribution < 1.29 is 7.48 Å². The van der Waals surface area contributed by atoms with E-state index >= 15 is 0 Å². The van der Waals surface area contributed by atoms with E-state index in [1.165, 1.54) is 0 Å². The number of alkyl halides is 1. The molecule has 0 saturated carbocycles. The summed E-state index contributed by atoms with van der Waals surface area (Å²) in [6.45, 7) is 0. The average molecular weight is 302 g/mol. The maximum atomic E-state index is 9.87. The molecule has 0 aromatic heterocycles. The third kappa shape index (κ3) is 2.90. The van der Waals surface area contributed by atoms with E-state index in [1.807, 2.05) is 0 Å². The van der Waals surface area contributed by atoms with Gasteiger partial charge in [0.2, 0.25) is 0 Å². The topological polar surface area (TPSA) is 26.3 Å². The Balaban J connectivity index is 2.99. The first kappa shape index (κ1) is 6.68. The molecule has 6 heavy (non-hydrogen) atoms. The zero-order chi connectivity index (χ0) is 4.99. The first-order valence-electron chi connectivity index (χ1n) is 1.26. The van der Waals surface area contributed by atoms with Crippen molar-refractivity contribution in [2.24, 2.45) is 0 Å². The molecule has 0 aliphatic heterocycles. The summed E-state index contributed by atoms with van der Waals surface area (Å²) in [6.07, 6.45) is 0. The molecular weight excluding hydrogens is 299 g/mol. The van der Waals surface area contributed by atoms with E-state index in [0.717, 1.165) is 0 Å². The molecule has 0 bridgehead atoms. The van der Waals surface area contributed by atoms with E-state index < -0.39 is 0 Å². The van der Waals surface area contributed by atoms with E-state index in [2.05, 4.69) is 2.69 Å². The SMILES string of the molecule is O=C(CCl)[O][PbH]. The van der Waals surface area contributed by atoms with Gasteiger partial charge in [-0.2, -0.15) is 0 Å². The second kappa shape index (κ2) is 3.86. The third-order valence-corrected chi connectivity index (χ3v) is 1.48. The van der Waals surface area contributed by atoms with Crippen LogP contribution in [-0.2, 0) is 7.48 Å². The Bertz CT molecular complexity index is 49.5. The number of hydrogen-bond donors (Lipinski definition) is 0. The van der Waals surface area contributed by atoms with Gasteiger partial charge in [0.15, 0.2) is 0 Å². The standard InChI is InChI=1S/C2H3ClO2.Pb.H/c3-1-2(4)5;;/h1H2,(H,4,5);;/q;+1;/p-1. The minimum atomic E-state index is -0.318. The number of rotatable bonds is 1. The van der Waals surface area contributed by atoms with Crippen molar-refractivity contribution in [1.29, 1.82) is 0 Å². The molecule has 0 N–H and O–H groups in total. The van der Waals surface area contributed by atoms with E-state index in [9.17, 15) is 4.79 Å². The summed E-state index contributed by atoms with van der Waals surface area (Å²) in [4.78, 5) is 9.87. The number of hydrogen-bond acceptors (Lipinski definition) is 2. The van der Waals surface area contributed by atoms with Crippen molar-refractivity contribution in [3.05, 3.63) is 0 Å². The molecule has 0 aliphatic carbocycles. The molecule has 0 amide bonds. The fourth-order valence-electron chi connectivity index (χ4n) is 0.0315. The molecule has 0 unspecified atom stereocenters. The predicted octanol–water partition coefficient (Wildman–Crippen LogP) is -0.416. The Morgan fingerprint density at radius 2 is 2.50 bits per heavy atom. The van der Waals surface area contributed by atoms with Gasteiger partial charge in [0, 0.05) is 0 Å². The van der Waals surface area contributed by atoms with Gasteiger partial charge in [0.1, 0.15) is 0 Å². The number of halogens is 1. The maximum absolute atomic E-state index is 9.87. The summed E-state index contributed by atoms with van der Waals surface area (Å²) in [5.41, 5.74) is 0. The van der Waals surface area contributed by atoms with Gasteiger partial charge in [0.25, 0.3) is 0 Å². The molecular formula is C2H3ClO2Pb. The third-order valence-electron chi connectivity index (χ3n) is 0.241. The number of carbonyl (C=O) groups excluding carboxylic acids is 1. The zero-order valence-electron chi connectivity index (χ0n) is 2.98. The average Bonchev–Trinajstić information content (AvgIpc) is 1.65. The van der Waals surface area contributed by atoms with Gasteiger partial charge in [0.05, 0.1) is 0 Å². The molecule has 0 aliphatic rings. The molecule has 2 radical (unpaired) electrons. The van der Waals surface area contributed by atoms with Crippen LogP contribution in [0.5, 0.6) is 0 Å². The molecule has 0 spiro atoms. The Kier molecular flexibility index (Phi) is 4.30. The van der Waals surface area contributed by atoms with Gasteiger partial charge in [-0.1, -0.05) is 0 Å². The van der Waals surface area contributed by atoms with Crippen molar-refractivity contribution in [2.75, 3.05) is 5.88 Å². The van der Waals surface area contributed by atoms with Gasteiger partial charge in [-0.3, -0.25) is 0 Å². The van der Waals surface area contributed by atoms with Gasteiger partial charge < -0.3 is 0 Å². The van der Waals surface area contributed by atoms with Crippen LogP contribution in [0.4, 0.5) is 0 Å². The van der Waals surface area contributed by atoms with Crippen LogP contribution in [0.2, 0.25) is 0 Å². The van der Waals surface area contributed by atoms with E-state index in [-0.39, 0.29) is 38.1 Å². The van der Waals surface area contributed by atoms with E-state index in [0.29, 0.717) is 0 Å². The Hall–Kier alpha value is 0.682. The first-order chi connectivity index (χ1) is 2.81. The van der Waals surface area contributed by atoms with Gasteiger partial charge in [-0.05, 0) is 0 Å².